The molecule has 0 spiro atoms. The Morgan fingerprint density at radius 2 is 2.05 bits per heavy atom. The van der Waals surface area contributed by atoms with E-state index in [0.29, 0.717) is 5.56 Å². The zero-order valence-electron chi connectivity index (χ0n) is 11.8. The van der Waals surface area contributed by atoms with Crippen LogP contribution in [0, 0.1) is 6.92 Å². The fourth-order valence-corrected chi connectivity index (χ4v) is 3.35. The number of aromatic carboxylic acids is 1. The van der Waals surface area contributed by atoms with Gasteiger partial charge < -0.3 is 5.11 Å². The first-order valence-corrected chi connectivity index (χ1v) is 7.72. The second-order valence-electron chi connectivity index (χ2n) is 5.52. The van der Waals surface area contributed by atoms with Crippen molar-refractivity contribution >= 4 is 29.3 Å². The first-order valence-electron chi connectivity index (χ1n) is 6.13. The van der Waals surface area contributed by atoms with Crippen LogP contribution in [0.1, 0.15) is 42.5 Å². The van der Waals surface area contributed by atoms with Crippen molar-refractivity contribution in [2.45, 2.75) is 42.3 Å². The molecule has 0 saturated carbocycles. The monoisotopic (exact) mass is 308 g/mol. The summed E-state index contributed by atoms with van der Waals surface area (Å²) in [5.41, 5.74) is 1.01. The highest BCUT2D eigenvalue weighted by Crippen LogP contribution is 2.32. The standard InChI is InChI=1S/C14H16N2O2S2/c1-8-5-6-9(7-10(8)11(17)18)19-13-15-12(16-20-13)14(2,3)4/h5-7H,1-4H3,(H,17,18). The van der Waals surface area contributed by atoms with Crippen LogP contribution in [-0.4, -0.2) is 20.4 Å². The third-order valence-electron chi connectivity index (χ3n) is 2.72. The van der Waals surface area contributed by atoms with Gasteiger partial charge in [-0.25, -0.2) is 9.78 Å². The molecular weight excluding hydrogens is 292 g/mol. The quantitative estimate of drug-likeness (QED) is 0.928. The number of aryl methyl sites for hydroxylation is 1. The molecule has 0 amide bonds. The summed E-state index contributed by atoms with van der Waals surface area (Å²) in [4.78, 5) is 16.5. The third kappa shape index (κ3) is 3.37. The number of carbonyl (C=O) groups is 1. The van der Waals surface area contributed by atoms with Crippen LogP contribution in [0.4, 0.5) is 0 Å². The molecule has 0 fully saturated rings. The Bertz CT molecular complexity index is 645. The van der Waals surface area contributed by atoms with Gasteiger partial charge in [0.1, 0.15) is 5.82 Å². The molecule has 106 valence electrons. The van der Waals surface area contributed by atoms with Gasteiger partial charge in [0, 0.05) is 10.3 Å². The number of rotatable bonds is 3. The molecule has 2 rings (SSSR count). The van der Waals surface area contributed by atoms with E-state index >= 15 is 0 Å². The maximum absolute atomic E-state index is 11.1. The minimum Gasteiger partial charge on any atom is -0.478 e. The normalized spacial score (nSPS) is 11.6. The number of nitrogens with zero attached hydrogens (tertiary/aromatic N) is 2. The molecule has 4 nitrogen and oxygen atoms in total. The topological polar surface area (TPSA) is 63.1 Å². The predicted molar refractivity (Wildman–Crippen MR) is 80.9 cm³/mol. The Morgan fingerprint density at radius 3 is 2.60 bits per heavy atom. The lowest BCUT2D eigenvalue weighted by atomic mass is 9.96. The lowest BCUT2D eigenvalue weighted by molar-refractivity contribution is 0.0696. The molecule has 1 heterocycles. The number of aromatic nitrogens is 2. The van der Waals surface area contributed by atoms with Crippen LogP contribution >= 0.6 is 23.3 Å². The van der Waals surface area contributed by atoms with Crippen molar-refractivity contribution in [1.82, 2.24) is 9.36 Å². The minimum atomic E-state index is -0.905. The molecule has 0 aliphatic rings. The maximum atomic E-state index is 11.1. The molecule has 2 aromatic rings. The van der Waals surface area contributed by atoms with Gasteiger partial charge in [-0.2, -0.15) is 4.37 Å². The molecule has 1 aromatic carbocycles. The number of hydrogen-bond acceptors (Lipinski definition) is 5. The fourth-order valence-electron chi connectivity index (χ4n) is 1.55. The van der Waals surface area contributed by atoms with Gasteiger partial charge >= 0.3 is 5.97 Å². The first kappa shape index (κ1) is 15.0. The van der Waals surface area contributed by atoms with Crippen molar-refractivity contribution in [3.8, 4) is 0 Å². The van der Waals surface area contributed by atoms with E-state index in [-0.39, 0.29) is 5.41 Å². The van der Waals surface area contributed by atoms with Gasteiger partial charge in [-0.15, -0.1) is 0 Å². The smallest absolute Gasteiger partial charge is 0.335 e. The number of benzene rings is 1. The summed E-state index contributed by atoms with van der Waals surface area (Å²) in [7, 11) is 0. The van der Waals surface area contributed by atoms with Gasteiger partial charge in [-0.1, -0.05) is 38.6 Å². The van der Waals surface area contributed by atoms with Crippen LogP contribution < -0.4 is 0 Å². The largest absolute Gasteiger partial charge is 0.478 e. The summed E-state index contributed by atoms with van der Waals surface area (Å²) in [6, 6.07) is 5.41. The molecule has 6 heteroatoms. The Kier molecular flexibility index (Phi) is 4.15. The van der Waals surface area contributed by atoms with E-state index in [0.717, 1.165) is 20.6 Å². The van der Waals surface area contributed by atoms with Crippen LogP contribution in [0.15, 0.2) is 27.4 Å². The fraction of sp³-hybridized carbons (Fsp3) is 0.357. The zero-order valence-corrected chi connectivity index (χ0v) is 13.4. The van der Waals surface area contributed by atoms with Gasteiger partial charge in [-0.3, -0.25) is 0 Å². The Balaban J connectivity index is 2.24. The average Bonchev–Trinajstić information content (AvgIpc) is 2.79. The van der Waals surface area contributed by atoms with Crippen LogP contribution in [0.5, 0.6) is 0 Å². The van der Waals surface area contributed by atoms with Crippen molar-refractivity contribution < 1.29 is 9.90 Å². The second kappa shape index (κ2) is 5.54. The highest BCUT2D eigenvalue weighted by molar-refractivity contribution is 8.01. The van der Waals surface area contributed by atoms with Crippen LogP contribution in [0.2, 0.25) is 0 Å². The minimum absolute atomic E-state index is 0.0746. The molecule has 0 radical (unpaired) electrons. The summed E-state index contributed by atoms with van der Waals surface area (Å²) in [5, 5.41) is 9.13. The van der Waals surface area contributed by atoms with E-state index in [4.69, 9.17) is 5.11 Å². The molecule has 0 bridgehead atoms. The summed E-state index contributed by atoms with van der Waals surface area (Å²) in [5.74, 6) is -0.0897. The molecule has 0 atom stereocenters. The van der Waals surface area contributed by atoms with E-state index < -0.39 is 5.97 Å². The van der Waals surface area contributed by atoms with E-state index in [9.17, 15) is 4.79 Å². The summed E-state index contributed by atoms with van der Waals surface area (Å²) >= 11 is 2.79. The van der Waals surface area contributed by atoms with E-state index in [1.165, 1.54) is 23.3 Å². The molecule has 20 heavy (non-hydrogen) atoms. The first-order chi connectivity index (χ1) is 9.27. The molecule has 0 saturated heterocycles. The Hall–Kier alpha value is -1.40. The lowest BCUT2D eigenvalue weighted by Gasteiger charge is -2.12. The van der Waals surface area contributed by atoms with Crippen LogP contribution in [0.25, 0.3) is 0 Å². The lowest BCUT2D eigenvalue weighted by Crippen LogP contribution is -2.12. The average molecular weight is 308 g/mol. The van der Waals surface area contributed by atoms with Crippen molar-refractivity contribution in [1.29, 1.82) is 0 Å². The Morgan fingerprint density at radius 1 is 1.35 bits per heavy atom. The van der Waals surface area contributed by atoms with Gasteiger partial charge in [-0.05, 0) is 36.2 Å². The molecule has 0 aliphatic carbocycles. The molecule has 0 unspecified atom stereocenters. The summed E-state index contributed by atoms with van der Waals surface area (Å²) in [6.45, 7) is 7.99. The molecule has 0 aliphatic heterocycles. The summed E-state index contributed by atoms with van der Waals surface area (Å²) < 4.78 is 5.18. The Labute approximate surface area is 126 Å². The van der Waals surface area contributed by atoms with Crippen molar-refractivity contribution in [3.63, 3.8) is 0 Å². The van der Waals surface area contributed by atoms with Crippen molar-refractivity contribution in [2.75, 3.05) is 0 Å². The SMILES string of the molecule is Cc1ccc(Sc2nc(C(C)(C)C)ns2)cc1C(=O)O. The second-order valence-corrected chi connectivity index (χ2v) is 7.59. The van der Waals surface area contributed by atoms with E-state index in [1.807, 2.05) is 12.1 Å². The zero-order chi connectivity index (χ0) is 14.9. The van der Waals surface area contributed by atoms with Crippen molar-refractivity contribution in [3.05, 3.63) is 35.2 Å². The maximum Gasteiger partial charge on any atom is 0.335 e. The highest BCUT2D eigenvalue weighted by atomic mass is 32.2. The molecular formula is C14H16N2O2S2. The van der Waals surface area contributed by atoms with Gasteiger partial charge in [0.2, 0.25) is 0 Å². The molecule has 1 N–H and O–H groups in total. The number of carboxylic acid groups (broad SMARTS) is 1. The van der Waals surface area contributed by atoms with Gasteiger partial charge in [0.25, 0.3) is 0 Å². The summed E-state index contributed by atoms with van der Waals surface area (Å²) in [6.07, 6.45) is 0. The van der Waals surface area contributed by atoms with Gasteiger partial charge in [0.15, 0.2) is 4.34 Å². The molecule has 1 aromatic heterocycles. The van der Waals surface area contributed by atoms with Crippen LogP contribution in [0.3, 0.4) is 0 Å². The van der Waals surface area contributed by atoms with E-state index in [2.05, 4.69) is 30.1 Å². The van der Waals surface area contributed by atoms with Gasteiger partial charge in [0.05, 0.1) is 5.56 Å². The predicted octanol–water partition coefficient (Wildman–Crippen LogP) is 3.99. The third-order valence-corrected chi connectivity index (χ3v) is 4.46. The number of carboxylic acids is 1. The van der Waals surface area contributed by atoms with Crippen LogP contribution in [-0.2, 0) is 5.41 Å². The van der Waals surface area contributed by atoms with Crippen molar-refractivity contribution in [2.24, 2.45) is 0 Å². The van der Waals surface area contributed by atoms with E-state index in [1.54, 1.807) is 13.0 Å². The highest BCUT2D eigenvalue weighted by Gasteiger charge is 2.20. The number of hydrogen-bond donors (Lipinski definition) is 1.